The standard InChI is InChI=1S/C12H13Cl2NO3S/c1-19(17,18)9-4-5-15(7-9)12(16)8-2-3-10(13)11(14)6-8/h2-3,6,9H,4-5,7H2,1H3. The molecule has 2 rings (SSSR count). The summed E-state index contributed by atoms with van der Waals surface area (Å²) in [4.78, 5) is 13.7. The quantitative estimate of drug-likeness (QED) is 0.839. The number of nitrogens with zero attached hydrogens (tertiary/aromatic N) is 1. The third-order valence-electron chi connectivity index (χ3n) is 3.20. The van der Waals surface area contributed by atoms with E-state index in [1.807, 2.05) is 0 Å². The number of halogens is 2. The summed E-state index contributed by atoms with van der Waals surface area (Å²) in [5.41, 5.74) is 0.420. The minimum atomic E-state index is -3.11. The summed E-state index contributed by atoms with van der Waals surface area (Å²) in [5, 5.41) is 0.222. The van der Waals surface area contributed by atoms with Crippen molar-refractivity contribution in [2.24, 2.45) is 0 Å². The Morgan fingerprint density at radius 2 is 2.00 bits per heavy atom. The van der Waals surface area contributed by atoms with Crippen LogP contribution in [0.4, 0.5) is 0 Å². The number of carbonyl (C=O) groups is 1. The maximum Gasteiger partial charge on any atom is 0.253 e. The highest BCUT2D eigenvalue weighted by atomic mass is 35.5. The van der Waals surface area contributed by atoms with Gasteiger partial charge >= 0.3 is 0 Å². The topological polar surface area (TPSA) is 54.5 Å². The van der Waals surface area contributed by atoms with Crippen LogP contribution in [-0.4, -0.2) is 43.8 Å². The first kappa shape index (κ1) is 14.6. The molecule has 0 N–H and O–H groups in total. The van der Waals surface area contributed by atoms with Crippen LogP contribution in [-0.2, 0) is 9.84 Å². The number of sulfone groups is 1. The second-order valence-corrected chi connectivity index (χ2v) is 7.76. The Morgan fingerprint density at radius 3 is 2.53 bits per heavy atom. The van der Waals surface area contributed by atoms with E-state index in [0.29, 0.717) is 28.6 Å². The van der Waals surface area contributed by atoms with E-state index in [1.165, 1.54) is 17.2 Å². The third-order valence-corrected chi connectivity index (χ3v) is 5.54. The van der Waals surface area contributed by atoms with E-state index in [9.17, 15) is 13.2 Å². The van der Waals surface area contributed by atoms with E-state index in [0.717, 1.165) is 0 Å². The van der Waals surface area contributed by atoms with Gasteiger partial charge in [-0.05, 0) is 24.6 Å². The number of amides is 1. The van der Waals surface area contributed by atoms with E-state index in [1.54, 1.807) is 12.1 Å². The molecule has 1 fully saturated rings. The SMILES string of the molecule is CS(=O)(=O)C1CCN(C(=O)c2ccc(Cl)c(Cl)c2)C1. The molecular formula is C12H13Cl2NO3S. The summed E-state index contributed by atoms with van der Waals surface area (Å²) in [6.07, 6.45) is 1.68. The van der Waals surface area contributed by atoms with Crippen LogP contribution in [0.2, 0.25) is 10.0 Å². The molecule has 1 aliphatic rings. The van der Waals surface area contributed by atoms with Crippen LogP contribution in [0, 0.1) is 0 Å². The molecule has 104 valence electrons. The van der Waals surface area contributed by atoms with Crippen molar-refractivity contribution in [2.45, 2.75) is 11.7 Å². The summed E-state index contributed by atoms with van der Waals surface area (Å²) >= 11 is 11.7. The molecule has 1 unspecified atom stereocenters. The molecule has 1 aromatic carbocycles. The van der Waals surface area contributed by atoms with Crippen LogP contribution >= 0.6 is 23.2 Å². The lowest BCUT2D eigenvalue weighted by atomic mass is 10.2. The maximum absolute atomic E-state index is 12.2. The largest absolute Gasteiger partial charge is 0.337 e. The zero-order valence-electron chi connectivity index (χ0n) is 10.3. The van der Waals surface area contributed by atoms with Crippen molar-refractivity contribution in [1.29, 1.82) is 0 Å². The van der Waals surface area contributed by atoms with Gasteiger partial charge in [-0.1, -0.05) is 23.2 Å². The smallest absolute Gasteiger partial charge is 0.253 e. The summed E-state index contributed by atoms with van der Waals surface area (Å²) in [7, 11) is -3.11. The molecule has 0 radical (unpaired) electrons. The number of likely N-dealkylation sites (tertiary alicyclic amines) is 1. The fourth-order valence-electron chi connectivity index (χ4n) is 2.07. The number of carbonyl (C=O) groups excluding carboxylic acids is 1. The van der Waals surface area contributed by atoms with Crippen molar-refractivity contribution >= 4 is 38.9 Å². The Kier molecular flexibility index (Phi) is 4.08. The van der Waals surface area contributed by atoms with Crippen LogP contribution in [0.1, 0.15) is 16.8 Å². The average molecular weight is 322 g/mol. The van der Waals surface area contributed by atoms with Crippen molar-refractivity contribution in [3.05, 3.63) is 33.8 Å². The maximum atomic E-state index is 12.2. The highest BCUT2D eigenvalue weighted by molar-refractivity contribution is 7.91. The van der Waals surface area contributed by atoms with Gasteiger partial charge in [-0.3, -0.25) is 4.79 Å². The van der Waals surface area contributed by atoms with Crippen molar-refractivity contribution in [1.82, 2.24) is 4.90 Å². The van der Waals surface area contributed by atoms with E-state index in [-0.39, 0.29) is 12.5 Å². The fourth-order valence-corrected chi connectivity index (χ4v) is 3.36. The molecular weight excluding hydrogens is 309 g/mol. The van der Waals surface area contributed by atoms with Gasteiger partial charge in [0.1, 0.15) is 0 Å². The van der Waals surface area contributed by atoms with Gasteiger partial charge in [0.15, 0.2) is 9.84 Å². The third kappa shape index (κ3) is 3.22. The highest BCUT2D eigenvalue weighted by Crippen LogP contribution is 2.25. The Morgan fingerprint density at radius 1 is 1.32 bits per heavy atom. The molecule has 4 nitrogen and oxygen atoms in total. The number of hydrogen-bond acceptors (Lipinski definition) is 3. The normalized spacial score (nSPS) is 19.7. The van der Waals surface area contributed by atoms with E-state index >= 15 is 0 Å². The molecule has 1 heterocycles. The fraction of sp³-hybridized carbons (Fsp3) is 0.417. The first-order valence-corrected chi connectivity index (χ1v) is 8.43. The number of rotatable bonds is 2. The van der Waals surface area contributed by atoms with E-state index in [2.05, 4.69) is 0 Å². The lowest BCUT2D eigenvalue weighted by molar-refractivity contribution is 0.0793. The first-order valence-electron chi connectivity index (χ1n) is 5.72. The molecule has 0 aromatic heterocycles. The molecule has 1 aliphatic heterocycles. The summed E-state index contributed by atoms with van der Waals surface area (Å²) in [6, 6.07) is 4.64. The van der Waals surface area contributed by atoms with Gasteiger partial charge in [-0.2, -0.15) is 0 Å². The zero-order chi connectivity index (χ0) is 14.2. The first-order chi connectivity index (χ1) is 8.79. The predicted molar refractivity (Wildman–Crippen MR) is 75.6 cm³/mol. The summed E-state index contributed by atoms with van der Waals surface area (Å²) in [6.45, 7) is 0.675. The van der Waals surface area contributed by atoms with Crippen molar-refractivity contribution in [3.8, 4) is 0 Å². The second-order valence-electron chi connectivity index (χ2n) is 4.62. The second kappa shape index (κ2) is 5.31. The van der Waals surface area contributed by atoms with Gasteiger partial charge in [-0.15, -0.1) is 0 Å². The average Bonchev–Trinajstić information content (AvgIpc) is 2.81. The minimum absolute atomic E-state index is 0.218. The molecule has 1 saturated heterocycles. The van der Waals surface area contributed by atoms with Crippen molar-refractivity contribution < 1.29 is 13.2 Å². The van der Waals surface area contributed by atoms with E-state index < -0.39 is 15.1 Å². The molecule has 19 heavy (non-hydrogen) atoms. The molecule has 1 amide bonds. The molecule has 7 heteroatoms. The van der Waals surface area contributed by atoms with Gasteiger partial charge in [0, 0.05) is 24.9 Å². The van der Waals surface area contributed by atoms with Crippen LogP contribution in [0.15, 0.2) is 18.2 Å². The molecule has 0 bridgehead atoms. The van der Waals surface area contributed by atoms with Crippen molar-refractivity contribution in [3.63, 3.8) is 0 Å². The Hall–Kier alpha value is -0.780. The summed E-state index contributed by atoms with van der Waals surface area (Å²) in [5.74, 6) is -0.218. The minimum Gasteiger partial charge on any atom is -0.337 e. The van der Waals surface area contributed by atoms with Crippen LogP contribution in [0.3, 0.4) is 0 Å². The van der Waals surface area contributed by atoms with Gasteiger partial charge in [-0.25, -0.2) is 8.42 Å². The molecule has 1 aromatic rings. The Balaban J connectivity index is 2.15. The van der Waals surface area contributed by atoms with Gasteiger partial charge in [0.2, 0.25) is 0 Å². The molecule has 0 spiro atoms. The van der Waals surface area contributed by atoms with Gasteiger partial charge < -0.3 is 4.90 Å². The molecule has 1 atom stereocenters. The van der Waals surface area contributed by atoms with E-state index in [4.69, 9.17) is 23.2 Å². The van der Waals surface area contributed by atoms with Crippen LogP contribution in [0.5, 0.6) is 0 Å². The predicted octanol–water partition coefficient (Wildman–Crippen LogP) is 2.25. The molecule has 0 saturated carbocycles. The number of benzene rings is 1. The Labute approximate surface area is 122 Å². The zero-order valence-corrected chi connectivity index (χ0v) is 12.6. The lowest BCUT2D eigenvalue weighted by Crippen LogP contribution is -2.31. The van der Waals surface area contributed by atoms with Crippen molar-refractivity contribution in [2.75, 3.05) is 19.3 Å². The Bertz CT molecular complexity index is 615. The van der Waals surface area contributed by atoms with Gasteiger partial charge in [0.25, 0.3) is 5.91 Å². The highest BCUT2D eigenvalue weighted by Gasteiger charge is 2.32. The lowest BCUT2D eigenvalue weighted by Gasteiger charge is -2.16. The molecule has 0 aliphatic carbocycles. The van der Waals surface area contributed by atoms with Crippen LogP contribution in [0.25, 0.3) is 0 Å². The van der Waals surface area contributed by atoms with Gasteiger partial charge in [0.05, 0.1) is 15.3 Å². The summed E-state index contributed by atoms with van der Waals surface area (Å²) < 4.78 is 22.9. The number of hydrogen-bond donors (Lipinski definition) is 0. The van der Waals surface area contributed by atoms with Crippen LogP contribution < -0.4 is 0 Å². The monoisotopic (exact) mass is 321 g/mol.